The number of rotatable bonds is 4. The third-order valence-corrected chi connectivity index (χ3v) is 7.23. The fourth-order valence-corrected chi connectivity index (χ4v) is 5.61. The first-order chi connectivity index (χ1) is 15.1. The van der Waals surface area contributed by atoms with Crippen LogP contribution in [0.5, 0.6) is 0 Å². The molecule has 1 N–H and O–H groups in total. The van der Waals surface area contributed by atoms with E-state index in [4.69, 9.17) is 0 Å². The molecular weight excluding hydrogens is 388 g/mol. The number of benzene rings is 2. The van der Waals surface area contributed by atoms with Gasteiger partial charge >= 0.3 is 5.69 Å². The Kier molecular flexibility index (Phi) is 5.18. The molecular formula is C25H30N4O2. The van der Waals surface area contributed by atoms with Crippen molar-refractivity contribution in [3.8, 4) is 0 Å². The number of imidazole rings is 1. The lowest BCUT2D eigenvalue weighted by molar-refractivity contribution is -0.121. The van der Waals surface area contributed by atoms with Gasteiger partial charge < -0.3 is 5.32 Å². The molecule has 3 aromatic rings. The van der Waals surface area contributed by atoms with Gasteiger partial charge in [0.2, 0.25) is 5.91 Å². The van der Waals surface area contributed by atoms with Crippen LogP contribution in [0, 0.1) is 6.92 Å². The number of fused-ring (bicyclic) bond motifs is 2. The Morgan fingerprint density at radius 1 is 1.03 bits per heavy atom. The first kappa shape index (κ1) is 20.1. The van der Waals surface area contributed by atoms with Crippen molar-refractivity contribution in [1.82, 2.24) is 19.4 Å². The fourth-order valence-electron chi connectivity index (χ4n) is 5.61. The van der Waals surface area contributed by atoms with Gasteiger partial charge in [-0.15, -0.1) is 0 Å². The van der Waals surface area contributed by atoms with Gasteiger partial charge in [0.15, 0.2) is 0 Å². The molecule has 0 saturated carbocycles. The summed E-state index contributed by atoms with van der Waals surface area (Å²) < 4.78 is 3.54. The highest BCUT2D eigenvalue weighted by Gasteiger charge is 2.33. The maximum absolute atomic E-state index is 13.3. The average Bonchev–Trinajstić information content (AvgIpc) is 3.34. The van der Waals surface area contributed by atoms with Gasteiger partial charge in [-0.3, -0.25) is 18.8 Å². The summed E-state index contributed by atoms with van der Waals surface area (Å²) in [6.45, 7) is 4.25. The predicted octanol–water partition coefficient (Wildman–Crippen LogP) is 3.18. The van der Waals surface area contributed by atoms with Crippen LogP contribution >= 0.6 is 0 Å². The van der Waals surface area contributed by atoms with Crippen LogP contribution in [0.3, 0.4) is 0 Å². The number of piperidine rings is 1. The summed E-state index contributed by atoms with van der Waals surface area (Å²) in [5.74, 6) is -0.157. The number of carbonyl (C=O) groups excluding carboxylic acids is 1. The van der Waals surface area contributed by atoms with Crippen molar-refractivity contribution in [3.63, 3.8) is 0 Å². The number of nitrogens with zero attached hydrogens (tertiary/aromatic N) is 3. The van der Waals surface area contributed by atoms with Gasteiger partial charge in [-0.2, -0.15) is 0 Å². The van der Waals surface area contributed by atoms with E-state index in [1.54, 1.807) is 11.6 Å². The lowest BCUT2D eigenvalue weighted by atomic mass is 9.99. The van der Waals surface area contributed by atoms with Crippen molar-refractivity contribution in [3.05, 3.63) is 69.6 Å². The van der Waals surface area contributed by atoms with Gasteiger partial charge in [0.1, 0.15) is 6.54 Å². The van der Waals surface area contributed by atoms with E-state index in [0.717, 1.165) is 37.0 Å². The van der Waals surface area contributed by atoms with Gasteiger partial charge in [-0.05, 0) is 61.4 Å². The zero-order chi connectivity index (χ0) is 21.5. The number of carbonyl (C=O) groups is 1. The second-order valence-electron chi connectivity index (χ2n) is 8.86. The van der Waals surface area contributed by atoms with Crippen LogP contribution < -0.4 is 11.0 Å². The van der Waals surface area contributed by atoms with Crippen LogP contribution in [0.25, 0.3) is 11.0 Å². The Labute approximate surface area is 182 Å². The molecule has 1 unspecified atom stereocenters. The number of nitrogens with one attached hydrogen (secondary N) is 1. The highest BCUT2D eigenvalue weighted by atomic mass is 16.2. The Balaban J connectivity index is 1.40. The van der Waals surface area contributed by atoms with Gasteiger partial charge in [-0.1, -0.05) is 30.3 Å². The number of likely N-dealkylation sites (N-methyl/N-ethyl adjacent to an activating group) is 1. The van der Waals surface area contributed by atoms with Crippen molar-refractivity contribution in [2.24, 2.45) is 0 Å². The minimum atomic E-state index is -0.157. The molecule has 1 aromatic heterocycles. The van der Waals surface area contributed by atoms with Crippen molar-refractivity contribution < 1.29 is 4.79 Å². The molecule has 162 valence electrons. The van der Waals surface area contributed by atoms with Gasteiger partial charge in [0, 0.05) is 32.2 Å². The summed E-state index contributed by atoms with van der Waals surface area (Å²) in [7, 11) is 1.60. The highest BCUT2D eigenvalue weighted by Crippen LogP contribution is 2.39. The summed E-state index contributed by atoms with van der Waals surface area (Å²) in [4.78, 5) is 27.9. The molecule has 1 fully saturated rings. The van der Waals surface area contributed by atoms with Crippen LogP contribution in [0.4, 0.5) is 0 Å². The molecule has 1 saturated heterocycles. The van der Waals surface area contributed by atoms with E-state index in [0.29, 0.717) is 6.04 Å². The second-order valence-corrected chi connectivity index (χ2v) is 8.86. The van der Waals surface area contributed by atoms with E-state index >= 15 is 0 Å². The van der Waals surface area contributed by atoms with Crippen LogP contribution in [-0.4, -0.2) is 40.1 Å². The molecule has 0 spiro atoms. The van der Waals surface area contributed by atoms with Gasteiger partial charge in [-0.25, -0.2) is 4.79 Å². The zero-order valence-electron chi connectivity index (χ0n) is 18.3. The number of amides is 1. The molecule has 2 heterocycles. The Morgan fingerprint density at radius 2 is 1.77 bits per heavy atom. The van der Waals surface area contributed by atoms with Crippen molar-refractivity contribution in [1.29, 1.82) is 0 Å². The minimum Gasteiger partial charge on any atom is -0.358 e. The summed E-state index contributed by atoms with van der Waals surface area (Å²) in [6, 6.07) is 15.2. The Morgan fingerprint density at radius 3 is 2.52 bits per heavy atom. The largest absolute Gasteiger partial charge is 0.358 e. The number of aromatic nitrogens is 2. The normalized spacial score (nSPS) is 19.6. The lowest BCUT2D eigenvalue weighted by Crippen LogP contribution is -2.39. The average molecular weight is 419 g/mol. The van der Waals surface area contributed by atoms with Crippen LogP contribution in [0.1, 0.15) is 48.0 Å². The lowest BCUT2D eigenvalue weighted by Gasteiger charge is -2.36. The quantitative estimate of drug-likeness (QED) is 0.708. The zero-order valence-corrected chi connectivity index (χ0v) is 18.3. The number of hydrogen-bond donors (Lipinski definition) is 1. The molecule has 6 nitrogen and oxygen atoms in total. The number of aryl methyl sites for hydroxylation is 1. The molecule has 1 amide bonds. The summed E-state index contributed by atoms with van der Waals surface area (Å²) in [6.07, 6.45) is 4.26. The van der Waals surface area contributed by atoms with Gasteiger partial charge in [0.05, 0.1) is 11.0 Å². The van der Waals surface area contributed by atoms with E-state index < -0.39 is 0 Å². The minimum absolute atomic E-state index is 0.0555. The monoisotopic (exact) mass is 418 g/mol. The number of likely N-dealkylation sites (tertiary alicyclic amines) is 1. The maximum Gasteiger partial charge on any atom is 0.329 e. The second kappa shape index (κ2) is 8.00. The number of para-hydroxylation sites is 2. The fraction of sp³-hybridized carbons (Fsp3) is 0.440. The summed E-state index contributed by atoms with van der Waals surface area (Å²) in [5.41, 5.74) is 6.12. The highest BCUT2D eigenvalue weighted by molar-refractivity contribution is 5.80. The van der Waals surface area contributed by atoms with E-state index in [2.05, 4.69) is 35.3 Å². The summed E-state index contributed by atoms with van der Waals surface area (Å²) in [5, 5.41) is 2.63. The van der Waals surface area contributed by atoms with Crippen molar-refractivity contribution in [2.45, 2.75) is 51.2 Å². The SMILES string of the molecule is CNC(=O)Cn1c(=O)n(C2CCN(C3CCc4c(C)cccc43)CC2)c2ccccc21. The maximum atomic E-state index is 13.3. The molecule has 5 rings (SSSR count). The van der Waals surface area contributed by atoms with Crippen LogP contribution in [0.2, 0.25) is 0 Å². The standard InChI is InChI=1S/C25H30N4O2/c1-17-6-5-7-20-19(17)10-11-21(20)27-14-12-18(13-15-27)29-23-9-4-3-8-22(23)28(25(29)31)16-24(30)26-2/h3-9,18,21H,10-16H2,1-2H3,(H,26,30). The molecule has 1 aliphatic carbocycles. The molecule has 1 atom stereocenters. The van der Waals surface area contributed by atoms with Gasteiger partial charge in [0.25, 0.3) is 0 Å². The van der Waals surface area contributed by atoms with E-state index in [1.807, 2.05) is 28.8 Å². The van der Waals surface area contributed by atoms with E-state index in [1.165, 1.54) is 29.5 Å². The Hall–Kier alpha value is -2.86. The first-order valence-corrected chi connectivity index (χ1v) is 11.3. The van der Waals surface area contributed by atoms with E-state index in [9.17, 15) is 9.59 Å². The molecule has 0 radical (unpaired) electrons. The molecule has 0 bridgehead atoms. The first-order valence-electron chi connectivity index (χ1n) is 11.3. The Bertz CT molecular complexity index is 1180. The third kappa shape index (κ3) is 3.39. The number of hydrogen-bond acceptors (Lipinski definition) is 3. The molecule has 1 aliphatic heterocycles. The van der Waals surface area contributed by atoms with Crippen molar-refractivity contribution >= 4 is 16.9 Å². The third-order valence-electron chi connectivity index (χ3n) is 7.23. The molecule has 31 heavy (non-hydrogen) atoms. The predicted molar refractivity (Wildman–Crippen MR) is 122 cm³/mol. The molecule has 2 aromatic carbocycles. The van der Waals surface area contributed by atoms with Crippen molar-refractivity contribution in [2.75, 3.05) is 20.1 Å². The van der Waals surface area contributed by atoms with Crippen LogP contribution in [-0.2, 0) is 17.8 Å². The topological polar surface area (TPSA) is 59.3 Å². The van der Waals surface area contributed by atoms with Crippen LogP contribution in [0.15, 0.2) is 47.3 Å². The van der Waals surface area contributed by atoms with E-state index in [-0.39, 0.29) is 24.2 Å². The molecule has 6 heteroatoms. The summed E-state index contributed by atoms with van der Waals surface area (Å²) >= 11 is 0. The smallest absolute Gasteiger partial charge is 0.329 e. The molecule has 2 aliphatic rings.